The number of nitrogens with zero attached hydrogens (tertiary/aromatic N) is 1. The first-order valence-electron chi connectivity index (χ1n) is 8.49. The summed E-state index contributed by atoms with van der Waals surface area (Å²) in [6.07, 6.45) is 4.93. The fourth-order valence-electron chi connectivity index (χ4n) is 4.00. The summed E-state index contributed by atoms with van der Waals surface area (Å²) < 4.78 is 0. The van der Waals surface area contributed by atoms with Gasteiger partial charge in [0.15, 0.2) is 0 Å². The molecule has 20 heavy (non-hydrogen) atoms. The average molecular weight is 282 g/mol. The molecule has 0 aromatic rings. The van der Waals surface area contributed by atoms with Crippen LogP contribution in [0.1, 0.15) is 60.3 Å². The number of hydrogen-bond acceptors (Lipinski definition) is 3. The van der Waals surface area contributed by atoms with Crippen LogP contribution < -0.4 is 5.32 Å². The number of hydrogen-bond donors (Lipinski definition) is 2. The van der Waals surface area contributed by atoms with E-state index >= 15 is 0 Å². The van der Waals surface area contributed by atoms with Crippen molar-refractivity contribution >= 4 is 0 Å². The maximum atomic E-state index is 9.80. The molecule has 1 heterocycles. The van der Waals surface area contributed by atoms with Gasteiger partial charge in [0.25, 0.3) is 0 Å². The third-order valence-electron chi connectivity index (χ3n) is 5.43. The molecule has 1 saturated carbocycles. The van der Waals surface area contributed by atoms with Gasteiger partial charge in [0, 0.05) is 30.2 Å². The lowest BCUT2D eigenvalue weighted by molar-refractivity contribution is 0.0255. The van der Waals surface area contributed by atoms with E-state index < -0.39 is 0 Å². The van der Waals surface area contributed by atoms with E-state index in [1.165, 1.54) is 25.8 Å². The Balaban J connectivity index is 1.96. The highest BCUT2D eigenvalue weighted by Gasteiger charge is 2.37. The molecule has 0 spiro atoms. The van der Waals surface area contributed by atoms with Gasteiger partial charge in [-0.15, -0.1) is 0 Å². The molecule has 1 aliphatic carbocycles. The Morgan fingerprint density at radius 2 is 1.95 bits per heavy atom. The molecular formula is C17H34N2O. The predicted octanol–water partition coefficient (Wildman–Crippen LogP) is 2.63. The summed E-state index contributed by atoms with van der Waals surface area (Å²) in [6, 6.07) is 1.83. The zero-order valence-electron chi connectivity index (χ0n) is 14.0. The van der Waals surface area contributed by atoms with Gasteiger partial charge in [-0.25, -0.2) is 0 Å². The van der Waals surface area contributed by atoms with Crippen LogP contribution in [-0.4, -0.2) is 46.8 Å². The number of aliphatic hydroxyl groups excluding tert-OH is 1. The van der Waals surface area contributed by atoms with Crippen LogP contribution in [0.4, 0.5) is 0 Å². The molecule has 5 unspecified atom stereocenters. The van der Waals surface area contributed by atoms with Gasteiger partial charge in [-0.1, -0.05) is 13.8 Å². The zero-order chi connectivity index (χ0) is 14.9. The fourth-order valence-corrected chi connectivity index (χ4v) is 4.00. The second-order valence-electron chi connectivity index (χ2n) is 7.95. The number of aliphatic hydroxyl groups is 1. The highest BCUT2D eigenvalue weighted by atomic mass is 16.3. The molecule has 0 aromatic heterocycles. The van der Waals surface area contributed by atoms with E-state index in [0.717, 1.165) is 18.3 Å². The highest BCUT2D eigenvalue weighted by molar-refractivity contribution is 4.96. The van der Waals surface area contributed by atoms with Crippen LogP contribution in [0.25, 0.3) is 0 Å². The van der Waals surface area contributed by atoms with Gasteiger partial charge in [0.05, 0.1) is 6.61 Å². The molecule has 3 heteroatoms. The Morgan fingerprint density at radius 3 is 2.50 bits per heavy atom. The van der Waals surface area contributed by atoms with E-state index in [-0.39, 0.29) is 12.1 Å². The van der Waals surface area contributed by atoms with Crippen molar-refractivity contribution in [1.82, 2.24) is 10.2 Å². The Labute approximate surface area is 125 Å². The van der Waals surface area contributed by atoms with Crippen molar-refractivity contribution in [1.29, 1.82) is 0 Å². The molecule has 1 saturated heterocycles. The first-order chi connectivity index (χ1) is 9.34. The molecule has 2 fully saturated rings. The minimum absolute atomic E-state index is 0.121. The number of piperidine rings is 1. The van der Waals surface area contributed by atoms with Crippen LogP contribution in [0.2, 0.25) is 0 Å². The van der Waals surface area contributed by atoms with E-state index in [1.54, 1.807) is 0 Å². The SMILES string of the molecule is CC1CC(C)C(C)N(C(C)CC(C)(CO)NC2CC2)C1. The van der Waals surface area contributed by atoms with E-state index in [9.17, 15) is 5.11 Å². The van der Waals surface area contributed by atoms with Crippen LogP contribution in [0.5, 0.6) is 0 Å². The summed E-state index contributed by atoms with van der Waals surface area (Å²) in [7, 11) is 0. The van der Waals surface area contributed by atoms with Crippen LogP contribution in [0.15, 0.2) is 0 Å². The van der Waals surface area contributed by atoms with Gasteiger partial charge in [0.1, 0.15) is 0 Å². The standard InChI is InChI=1S/C17H34N2O/c1-12-8-13(2)15(4)19(10-12)14(3)9-17(5,11-20)18-16-6-7-16/h12-16,18,20H,6-11H2,1-5H3. The molecule has 2 aliphatic rings. The van der Waals surface area contributed by atoms with E-state index in [0.29, 0.717) is 18.1 Å². The van der Waals surface area contributed by atoms with Gasteiger partial charge in [-0.2, -0.15) is 0 Å². The number of likely N-dealkylation sites (tertiary alicyclic amines) is 1. The van der Waals surface area contributed by atoms with Gasteiger partial charge < -0.3 is 10.4 Å². The summed E-state index contributed by atoms with van der Waals surface area (Å²) >= 11 is 0. The summed E-state index contributed by atoms with van der Waals surface area (Å²) in [5, 5.41) is 13.4. The van der Waals surface area contributed by atoms with Gasteiger partial charge in [0.2, 0.25) is 0 Å². The minimum atomic E-state index is -0.121. The summed E-state index contributed by atoms with van der Waals surface area (Å²) in [4.78, 5) is 2.67. The maximum absolute atomic E-state index is 9.80. The topological polar surface area (TPSA) is 35.5 Å². The van der Waals surface area contributed by atoms with Crippen LogP contribution >= 0.6 is 0 Å². The van der Waals surface area contributed by atoms with Crippen molar-refractivity contribution in [3.8, 4) is 0 Å². The van der Waals surface area contributed by atoms with E-state index in [2.05, 4.69) is 44.8 Å². The zero-order valence-corrected chi connectivity index (χ0v) is 14.0. The Morgan fingerprint density at radius 1 is 1.30 bits per heavy atom. The minimum Gasteiger partial charge on any atom is -0.394 e. The fraction of sp³-hybridized carbons (Fsp3) is 1.00. The quantitative estimate of drug-likeness (QED) is 0.786. The van der Waals surface area contributed by atoms with Crippen molar-refractivity contribution in [2.75, 3.05) is 13.2 Å². The van der Waals surface area contributed by atoms with Crippen LogP contribution in [-0.2, 0) is 0 Å². The molecule has 5 atom stereocenters. The first kappa shape index (κ1) is 16.3. The van der Waals surface area contributed by atoms with Gasteiger partial charge >= 0.3 is 0 Å². The first-order valence-corrected chi connectivity index (χ1v) is 8.49. The molecule has 0 amide bonds. The van der Waals surface area contributed by atoms with Crippen molar-refractivity contribution < 1.29 is 5.11 Å². The van der Waals surface area contributed by atoms with E-state index in [4.69, 9.17) is 0 Å². The molecule has 0 aromatic carbocycles. The third-order valence-corrected chi connectivity index (χ3v) is 5.43. The Hall–Kier alpha value is -0.120. The van der Waals surface area contributed by atoms with E-state index in [1.807, 2.05) is 0 Å². The largest absolute Gasteiger partial charge is 0.394 e. The molecule has 3 nitrogen and oxygen atoms in total. The molecule has 0 bridgehead atoms. The smallest absolute Gasteiger partial charge is 0.0611 e. The molecule has 2 N–H and O–H groups in total. The second-order valence-corrected chi connectivity index (χ2v) is 7.95. The molecular weight excluding hydrogens is 248 g/mol. The monoisotopic (exact) mass is 282 g/mol. The summed E-state index contributed by atoms with van der Waals surface area (Å²) in [6.45, 7) is 13.1. The summed E-state index contributed by atoms with van der Waals surface area (Å²) in [5.41, 5.74) is -0.121. The number of nitrogens with one attached hydrogen (secondary N) is 1. The highest BCUT2D eigenvalue weighted by Crippen LogP contribution is 2.31. The maximum Gasteiger partial charge on any atom is 0.0611 e. The van der Waals surface area contributed by atoms with Crippen molar-refractivity contribution in [3.63, 3.8) is 0 Å². The Bertz CT molecular complexity index is 318. The van der Waals surface area contributed by atoms with Crippen molar-refractivity contribution in [2.45, 2.75) is 84.0 Å². The van der Waals surface area contributed by atoms with Gasteiger partial charge in [-0.05, 0) is 58.3 Å². The van der Waals surface area contributed by atoms with Crippen molar-refractivity contribution in [3.05, 3.63) is 0 Å². The van der Waals surface area contributed by atoms with Crippen molar-refractivity contribution in [2.24, 2.45) is 11.8 Å². The molecule has 1 aliphatic heterocycles. The third kappa shape index (κ3) is 3.96. The van der Waals surface area contributed by atoms with Crippen LogP contribution in [0.3, 0.4) is 0 Å². The lowest BCUT2D eigenvalue weighted by atomic mass is 9.83. The lowest BCUT2D eigenvalue weighted by Gasteiger charge is -2.46. The van der Waals surface area contributed by atoms with Crippen LogP contribution in [0, 0.1) is 11.8 Å². The number of rotatable bonds is 6. The second kappa shape index (κ2) is 6.33. The molecule has 2 rings (SSSR count). The molecule has 118 valence electrons. The average Bonchev–Trinajstić information content (AvgIpc) is 3.17. The molecule has 0 radical (unpaired) electrons. The normalized spacial score (nSPS) is 36.6. The predicted molar refractivity (Wildman–Crippen MR) is 84.8 cm³/mol. The summed E-state index contributed by atoms with van der Waals surface area (Å²) in [5.74, 6) is 1.57. The van der Waals surface area contributed by atoms with Gasteiger partial charge in [-0.3, -0.25) is 4.90 Å². The Kier molecular flexibility index (Phi) is 5.14. The lowest BCUT2D eigenvalue weighted by Crippen LogP contribution is -2.55.